The van der Waals surface area contributed by atoms with Gasteiger partial charge in [-0.3, -0.25) is 9.79 Å². The highest BCUT2D eigenvalue weighted by Gasteiger charge is 2.24. The summed E-state index contributed by atoms with van der Waals surface area (Å²) in [7, 11) is 0. The number of aliphatic imine (C=N–C) groups is 1. The van der Waals surface area contributed by atoms with Crippen LogP contribution in [0, 0.1) is 5.92 Å². The normalized spacial score (nSPS) is 26.8. The van der Waals surface area contributed by atoms with E-state index < -0.39 is 0 Å². The Balaban J connectivity index is 1.92. The average Bonchev–Trinajstić information content (AvgIpc) is 2.89. The molecule has 1 aliphatic carbocycles. The number of carbonyl (C=O) groups excluding carboxylic acids is 1. The molecule has 0 aromatic carbocycles. The predicted molar refractivity (Wildman–Crippen MR) is 51.5 cm³/mol. The first-order valence-corrected chi connectivity index (χ1v) is 4.81. The van der Waals surface area contributed by atoms with Crippen LogP contribution >= 0.6 is 0 Å². The minimum absolute atomic E-state index is 0.00866. The highest BCUT2D eigenvalue weighted by molar-refractivity contribution is 5.95. The summed E-state index contributed by atoms with van der Waals surface area (Å²) in [6.45, 7) is 2.09. The molecule has 1 fully saturated rings. The molecule has 0 saturated heterocycles. The summed E-state index contributed by atoms with van der Waals surface area (Å²) in [6, 6.07) is 0.419. The van der Waals surface area contributed by atoms with Gasteiger partial charge in [0.2, 0.25) is 0 Å². The van der Waals surface area contributed by atoms with Gasteiger partial charge in [0.25, 0.3) is 5.91 Å². The standard InChI is InChI=1S/C10H14N2O/c1-7-2-5-9(11-6-7)10(13)12-8-3-4-8/h5-8H,2-4H2,1H3,(H,12,13). The lowest BCUT2D eigenvalue weighted by Gasteiger charge is -2.10. The molecule has 0 aromatic heterocycles. The maximum absolute atomic E-state index is 11.5. The molecule has 0 bridgehead atoms. The van der Waals surface area contributed by atoms with E-state index in [9.17, 15) is 4.79 Å². The average molecular weight is 178 g/mol. The second-order valence-corrected chi connectivity index (χ2v) is 3.83. The minimum atomic E-state index is -0.00866. The van der Waals surface area contributed by atoms with Gasteiger partial charge < -0.3 is 5.32 Å². The van der Waals surface area contributed by atoms with Crippen molar-refractivity contribution in [2.75, 3.05) is 0 Å². The Bertz CT molecular complexity index is 277. The Morgan fingerprint density at radius 1 is 1.62 bits per heavy atom. The molecule has 0 spiro atoms. The van der Waals surface area contributed by atoms with Crippen LogP contribution in [0.4, 0.5) is 0 Å². The Labute approximate surface area is 77.9 Å². The van der Waals surface area contributed by atoms with Crippen LogP contribution in [0.5, 0.6) is 0 Å². The highest BCUT2D eigenvalue weighted by Crippen LogP contribution is 2.20. The van der Waals surface area contributed by atoms with Gasteiger partial charge in [-0.1, -0.05) is 13.0 Å². The summed E-state index contributed by atoms with van der Waals surface area (Å²) in [4.78, 5) is 15.6. The van der Waals surface area contributed by atoms with Crippen LogP contribution in [0.3, 0.4) is 0 Å². The summed E-state index contributed by atoms with van der Waals surface area (Å²) < 4.78 is 0. The fourth-order valence-corrected chi connectivity index (χ4v) is 1.26. The lowest BCUT2D eigenvalue weighted by molar-refractivity contribution is -0.117. The van der Waals surface area contributed by atoms with E-state index in [0.29, 0.717) is 17.7 Å². The van der Waals surface area contributed by atoms with Crippen molar-refractivity contribution >= 4 is 12.1 Å². The van der Waals surface area contributed by atoms with Gasteiger partial charge in [0.05, 0.1) is 0 Å². The predicted octanol–water partition coefficient (Wildman–Crippen LogP) is 1.26. The van der Waals surface area contributed by atoms with E-state index >= 15 is 0 Å². The molecule has 3 heteroatoms. The van der Waals surface area contributed by atoms with E-state index in [4.69, 9.17) is 0 Å². The molecule has 3 nitrogen and oxygen atoms in total. The molecule has 1 N–H and O–H groups in total. The van der Waals surface area contributed by atoms with Gasteiger partial charge >= 0.3 is 0 Å². The van der Waals surface area contributed by atoms with E-state index in [1.165, 1.54) is 0 Å². The smallest absolute Gasteiger partial charge is 0.269 e. The zero-order valence-electron chi connectivity index (χ0n) is 7.79. The third-order valence-electron chi connectivity index (χ3n) is 2.30. The van der Waals surface area contributed by atoms with E-state index in [0.717, 1.165) is 19.3 Å². The molecule has 13 heavy (non-hydrogen) atoms. The van der Waals surface area contributed by atoms with Gasteiger partial charge in [-0.2, -0.15) is 0 Å². The number of amides is 1. The van der Waals surface area contributed by atoms with Gasteiger partial charge in [0.1, 0.15) is 5.70 Å². The zero-order chi connectivity index (χ0) is 9.26. The second-order valence-electron chi connectivity index (χ2n) is 3.83. The molecule has 1 atom stereocenters. The Hall–Kier alpha value is -1.12. The summed E-state index contributed by atoms with van der Waals surface area (Å²) in [6.07, 6.45) is 6.94. The van der Waals surface area contributed by atoms with Crippen LogP contribution in [0.25, 0.3) is 0 Å². The number of hydrogen-bond donors (Lipinski definition) is 1. The molecular formula is C10H14N2O. The van der Waals surface area contributed by atoms with Crippen LogP contribution in [0.1, 0.15) is 26.2 Å². The van der Waals surface area contributed by atoms with Gasteiger partial charge in [0.15, 0.2) is 0 Å². The molecular weight excluding hydrogens is 164 g/mol. The van der Waals surface area contributed by atoms with Crippen LogP contribution in [-0.2, 0) is 4.79 Å². The Morgan fingerprint density at radius 3 is 2.92 bits per heavy atom. The molecule has 0 radical (unpaired) electrons. The molecule has 1 amide bonds. The van der Waals surface area contributed by atoms with Gasteiger partial charge in [-0.05, 0) is 25.2 Å². The van der Waals surface area contributed by atoms with Crippen molar-refractivity contribution < 1.29 is 4.79 Å². The summed E-state index contributed by atoms with van der Waals surface area (Å²) >= 11 is 0. The molecule has 1 heterocycles. The van der Waals surface area contributed by atoms with Crippen molar-refractivity contribution in [2.45, 2.75) is 32.2 Å². The van der Waals surface area contributed by atoms with Crippen molar-refractivity contribution in [3.05, 3.63) is 11.8 Å². The number of nitrogens with zero attached hydrogens (tertiary/aromatic N) is 1. The maximum Gasteiger partial charge on any atom is 0.269 e. The van der Waals surface area contributed by atoms with E-state index in [1.807, 2.05) is 12.3 Å². The monoisotopic (exact) mass is 178 g/mol. The number of allylic oxidation sites excluding steroid dienone is 1. The van der Waals surface area contributed by atoms with Crippen LogP contribution in [0.15, 0.2) is 16.8 Å². The SMILES string of the molecule is CC1C=NC(C(=O)NC2CC2)=CC1. The third-order valence-corrected chi connectivity index (χ3v) is 2.30. The topological polar surface area (TPSA) is 41.5 Å². The van der Waals surface area contributed by atoms with Crippen LogP contribution in [-0.4, -0.2) is 18.2 Å². The summed E-state index contributed by atoms with van der Waals surface area (Å²) in [5.74, 6) is 0.461. The van der Waals surface area contributed by atoms with Crippen molar-refractivity contribution in [1.82, 2.24) is 5.32 Å². The first-order valence-electron chi connectivity index (χ1n) is 4.81. The molecule has 70 valence electrons. The summed E-state index contributed by atoms with van der Waals surface area (Å²) in [5, 5.41) is 2.92. The first kappa shape index (κ1) is 8.48. The fraction of sp³-hybridized carbons (Fsp3) is 0.600. The molecule has 1 unspecified atom stereocenters. The second kappa shape index (κ2) is 3.32. The van der Waals surface area contributed by atoms with Crippen LogP contribution in [0.2, 0.25) is 0 Å². The molecule has 0 aromatic rings. The Kier molecular flexibility index (Phi) is 2.17. The molecule has 1 saturated carbocycles. The maximum atomic E-state index is 11.5. The summed E-state index contributed by atoms with van der Waals surface area (Å²) in [5.41, 5.74) is 0.588. The number of nitrogens with one attached hydrogen (secondary N) is 1. The molecule has 2 aliphatic rings. The van der Waals surface area contributed by atoms with E-state index in [1.54, 1.807) is 0 Å². The largest absolute Gasteiger partial charge is 0.348 e. The van der Waals surface area contributed by atoms with Gasteiger partial charge in [0, 0.05) is 12.3 Å². The molecule has 2 rings (SSSR count). The number of rotatable bonds is 2. The van der Waals surface area contributed by atoms with Gasteiger partial charge in [-0.25, -0.2) is 0 Å². The minimum Gasteiger partial charge on any atom is -0.348 e. The zero-order valence-corrected chi connectivity index (χ0v) is 7.79. The lowest BCUT2D eigenvalue weighted by Crippen LogP contribution is -2.27. The Morgan fingerprint density at radius 2 is 2.38 bits per heavy atom. The first-order chi connectivity index (χ1) is 6.25. The van der Waals surface area contributed by atoms with Crippen LogP contribution < -0.4 is 5.32 Å². The van der Waals surface area contributed by atoms with Crippen molar-refractivity contribution in [1.29, 1.82) is 0 Å². The number of hydrogen-bond acceptors (Lipinski definition) is 2. The van der Waals surface area contributed by atoms with E-state index in [2.05, 4.69) is 17.2 Å². The highest BCUT2D eigenvalue weighted by atomic mass is 16.2. The van der Waals surface area contributed by atoms with Crippen molar-refractivity contribution in [3.8, 4) is 0 Å². The fourth-order valence-electron chi connectivity index (χ4n) is 1.26. The van der Waals surface area contributed by atoms with Crippen molar-refractivity contribution in [3.63, 3.8) is 0 Å². The lowest BCUT2D eigenvalue weighted by atomic mass is 10.1. The molecule has 1 aliphatic heterocycles. The van der Waals surface area contributed by atoms with Crippen molar-refractivity contribution in [2.24, 2.45) is 10.9 Å². The van der Waals surface area contributed by atoms with Gasteiger partial charge in [-0.15, -0.1) is 0 Å². The number of carbonyl (C=O) groups is 1. The quantitative estimate of drug-likeness (QED) is 0.679. The van der Waals surface area contributed by atoms with E-state index in [-0.39, 0.29) is 5.91 Å². The third kappa shape index (κ3) is 2.17.